The molecule has 0 atom stereocenters. The molecule has 2 nitrogen and oxygen atoms in total. The molecule has 0 aliphatic carbocycles. The molecule has 1 aromatic heterocycles. The molecule has 0 saturated carbocycles. The van der Waals surface area contributed by atoms with Crippen LogP contribution in [0.25, 0.3) is 11.3 Å². The van der Waals surface area contributed by atoms with Gasteiger partial charge in [-0.25, -0.2) is 8.78 Å². The number of hydrogen-bond acceptors (Lipinski definition) is 2. The molecule has 0 amide bonds. The Balaban J connectivity index is 2.55. The summed E-state index contributed by atoms with van der Waals surface area (Å²) in [6, 6.07) is 4.98. The Kier molecular flexibility index (Phi) is 2.87. The Labute approximate surface area is 98.0 Å². The lowest BCUT2D eigenvalue weighted by Gasteiger charge is -2.01. The molecule has 0 aliphatic rings. The van der Waals surface area contributed by atoms with Crippen molar-refractivity contribution >= 4 is 22.2 Å². The third kappa shape index (κ3) is 1.90. The Morgan fingerprint density at radius 3 is 2.50 bits per heavy atom. The topological polar surface area (TPSA) is 30.2 Å². The van der Waals surface area contributed by atoms with Gasteiger partial charge in [0, 0.05) is 10.0 Å². The van der Waals surface area contributed by atoms with Crippen LogP contribution < -0.4 is 0 Å². The van der Waals surface area contributed by atoms with Crippen LogP contribution in [-0.4, -0.2) is 6.29 Å². The fourth-order valence-corrected chi connectivity index (χ4v) is 1.78. The Bertz CT molecular complexity index is 549. The van der Waals surface area contributed by atoms with E-state index < -0.39 is 11.6 Å². The highest BCUT2D eigenvalue weighted by Crippen LogP contribution is 2.31. The number of aldehydes is 1. The van der Waals surface area contributed by atoms with Gasteiger partial charge in [0.2, 0.25) is 0 Å². The van der Waals surface area contributed by atoms with Crippen LogP contribution in [0.4, 0.5) is 8.78 Å². The predicted molar refractivity (Wildman–Crippen MR) is 57.1 cm³/mol. The predicted octanol–water partition coefficient (Wildman–Crippen LogP) is 3.80. The molecule has 0 aliphatic heterocycles. The van der Waals surface area contributed by atoms with Crippen LogP contribution in [0.5, 0.6) is 0 Å². The van der Waals surface area contributed by atoms with Crippen molar-refractivity contribution in [1.29, 1.82) is 0 Å². The molecule has 0 spiro atoms. The summed E-state index contributed by atoms with van der Waals surface area (Å²) in [7, 11) is 0. The Morgan fingerprint density at radius 1 is 1.19 bits per heavy atom. The minimum Gasteiger partial charge on any atom is -0.453 e. The van der Waals surface area contributed by atoms with Crippen LogP contribution in [0.15, 0.2) is 33.2 Å². The highest BCUT2D eigenvalue weighted by Gasteiger charge is 2.12. The van der Waals surface area contributed by atoms with E-state index in [4.69, 9.17) is 4.42 Å². The number of furan rings is 1. The standard InChI is InChI=1S/C11H5BrF2O2/c12-8-4-10(14)9(13)3-7(8)11-2-1-6(5-15)16-11/h1-5H. The van der Waals surface area contributed by atoms with Gasteiger partial charge in [0.15, 0.2) is 23.7 Å². The third-order valence-corrected chi connectivity index (χ3v) is 2.67. The van der Waals surface area contributed by atoms with Gasteiger partial charge in [-0.05, 0) is 40.2 Å². The molecule has 1 aromatic carbocycles. The molecular weight excluding hydrogens is 282 g/mol. The summed E-state index contributed by atoms with van der Waals surface area (Å²) < 4.78 is 31.3. The van der Waals surface area contributed by atoms with Crippen molar-refractivity contribution in [2.75, 3.05) is 0 Å². The fraction of sp³-hybridized carbons (Fsp3) is 0. The maximum atomic E-state index is 13.0. The highest BCUT2D eigenvalue weighted by atomic mass is 79.9. The SMILES string of the molecule is O=Cc1ccc(-c2cc(F)c(F)cc2Br)o1. The average Bonchev–Trinajstić information content (AvgIpc) is 2.71. The minimum absolute atomic E-state index is 0.131. The van der Waals surface area contributed by atoms with E-state index in [9.17, 15) is 13.6 Å². The summed E-state index contributed by atoms with van der Waals surface area (Å²) in [5.74, 6) is -1.49. The summed E-state index contributed by atoms with van der Waals surface area (Å²) in [6.07, 6.45) is 0.539. The monoisotopic (exact) mass is 286 g/mol. The Hall–Kier alpha value is -1.49. The number of benzene rings is 1. The summed E-state index contributed by atoms with van der Waals surface area (Å²) in [5, 5.41) is 0. The van der Waals surface area contributed by atoms with Crippen LogP contribution in [0.1, 0.15) is 10.6 Å². The van der Waals surface area contributed by atoms with E-state index in [0.29, 0.717) is 22.1 Å². The van der Waals surface area contributed by atoms with Crippen molar-refractivity contribution in [1.82, 2.24) is 0 Å². The van der Waals surface area contributed by atoms with Crippen LogP contribution in [0, 0.1) is 11.6 Å². The maximum Gasteiger partial charge on any atom is 0.185 e. The van der Waals surface area contributed by atoms with E-state index in [1.165, 1.54) is 12.1 Å². The molecule has 2 rings (SSSR count). The van der Waals surface area contributed by atoms with Gasteiger partial charge < -0.3 is 4.42 Å². The normalized spacial score (nSPS) is 10.4. The number of rotatable bonds is 2. The molecule has 0 fully saturated rings. The number of hydrogen-bond donors (Lipinski definition) is 0. The van der Waals surface area contributed by atoms with Crippen molar-refractivity contribution in [2.24, 2.45) is 0 Å². The van der Waals surface area contributed by atoms with E-state index >= 15 is 0 Å². The van der Waals surface area contributed by atoms with Gasteiger partial charge in [-0.1, -0.05) is 0 Å². The lowest BCUT2D eigenvalue weighted by molar-refractivity contribution is 0.110. The first-order valence-corrected chi connectivity index (χ1v) is 5.11. The number of carbonyl (C=O) groups is 1. The van der Waals surface area contributed by atoms with Crippen molar-refractivity contribution in [3.05, 3.63) is 46.1 Å². The molecule has 0 unspecified atom stereocenters. The summed E-state index contributed by atoms with van der Waals surface area (Å²) in [5.41, 5.74) is 0.354. The lowest BCUT2D eigenvalue weighted by atomic mass is 10.1. The zero-order valence-corrected chi connectivity index (χ0v) is 9.42. The summed E-state index contributed by atoms with van der Waals surface area (Å²) in [6.45, 7) is 0. The van der Waals surface area contributed by atoms with Gasteiger partial charge in [-0.2, -0.15) is 0 Å². The summed E-state index contributed by atoms with van der Waals surface area (Å²) in [4.78, 5) is 10.4. The quantitative estimate of drug-likeness (QED) is 0.621. The van der Waals surface area contributed by atoms with Gasteiger partial charge in [0.1, 0.15) is 5.76 Å². The molecule has 0 N–H and O–H groups in total. The molecular formula is C11H5BrF2O2. The molecule has 0 radical (unpaired) electrons. The van der Waals surface area contributed by atoms with Gasteiger partial charge in [-0.3, -0.25) is 4.79 Å². The molecule has 2 aromatic rings. The maximum absolute atomic E-state index is 13.0. The highest BCUT2D eigenvalue weighted by molar-refractivity contribution is 9.10. The number of carbonyl (C=O) groups excluding carboxylic acids is 1. The van der Waals surface area contributed by atoms with Crippen molar-refractivity contribution in [3.63, 3.8) is 0 Å². The summed E-state index contributed by atoms with van der Waals surface area (Å²) >= 11 is 3.09. The molecule has 0 bridgehead atoms. The van der Waals surface area contributed by atoms with Gasteiger partial charge in [0.25, 0.3) is 0 Å². The first-order valence-electron chi connectivity index (χ1n) is 4.31. The smallest absolute Gasteiger partial charge is 0.185 e. The second-order valence-electron chi connectivity index (χ2n) is 3.07. The van der Waals surface area contributed by atoms with E-state index in [-0.39, 0.29) is 5.76 Å². The molecule has 5 heteroatoms. The van der Waals surface area contributed by atoms with Crippen LogP contribution in [0.3, 0.4) is 0 Å². The van der Waals surface area contributed by atoms with Gasteiger partial charge >= 0.3 is 0 Å². The molecule has 0 saturated heterocycles. The lowest BCUT2D eigenvalue weighted by Crippen LogP contribution is -1.86. The average molecular weight is 287 g/mol. The largest absolute Gasteiger partial charge is 0.453 e. The second-order valence-corrected chi connectivity index (χ2v) is 3.92. The van der Waals surface area contributed by atoms with Crippen LogP contribution in [-0.2, 0) is 0 Å². The third-order valence-electron chi connectivity index (χ3n) is 2.02. The number of halogens is 3. The molecule has 82 valence electrons. The van der Waals surface area contributed by atoms with E-state index in [1.54, 1.807) is 0 Å². The fourth-order valence-electron chi connectivity index (χ4n) is 1.27. The second kappa shape index (κ2) is 4.17. The van der Waals surface area contributed by atoms with Gasteiger partial charge in [-0.15, -0.1) is 0 Å². The van der Waals surface area contributed by atoms with Crippen molar-refractivity contribution in [2.45, 2.75) is 0 Å². The Morgan fingerprint density at radius 2 is 1.88 bits per heavy atom. The van der Waals surface area contributed by atoms with Gasteiger partial charge in [0.05, 0.1) is 0 Å². The van der Waals surface area contributed by atoms with Crippen molar-refractivity contribution < 1.29 is 18.0 Å². The molecule has 1 heterocycles. The van der Waals surface area contributed by atoms with E-state index in [2.05, 4.69) is 15.9 Å². The van der Waals surface area contributed by atoms with Crippen LogP contribution in [0.2, 0.25) is 0 Å². The minimum atomic E-state index is -0.970. The van der Waals surface area contributed by atoms with E-state index in [1.807, 2.05) is 0 Å². The van der Waals surface area contributed by atoms with Crippen LogP contribution >= 0.6 is 15.9 Å². The molecule has 16 heavy (non-hydrogen) atoms. The zero-order valence-electron chi connectivity index (χ0n) is 7.84. The first-order chi connectivity index (χ1) is 7.61. The zero-order chi connectivity index (χ0) is 11.7. The van der Waals surface area contributed by atoms with Crippen molar-refractivity contribution in [3.8, 4) is 11.3 Å². The van der Waals surface area contributed by atoms with E-state index in [0.717, 1.165) is 12.1 Å². The first kappa shape index (κ1) is 11.0.